The van der Waals surface area contributed by atoms with Crippen molar-refractivity contribution in [2.75, 3.05) is 0 Å². The second-order valence-corrected chi connectivity index (χ2v) is 3.48. The normalized spacial score (nSPS) is 10.4. The van der Waals surface area contributed by atoms with Gasteiger partial charge < -0.3 is 9.15 Å². The molecule has 0 bridgehead atoms. The zero-order valence-corrected chi connectivity index (χ0v) is 9.14. The van der Waals surface area contributed by atoms with Gasteiger partial charge in [0.25, 0.3) is 0 Å². The number of ether oxygens (including phenoxy) is 1. The van der Waals surface area contributed by atoms with Crippen LogP contribution in [-0.4, -0.2) is 11.6 Å². The van der Waals surface area contributed by atoms with Gasteiger partial charge in [0, 0.05) is 17.4 Å². The minimum absolute atomic E-state index is 0. The SMILES string of the molecule is CC(C)(C)OC(=O)c1ccco1.[Cr]. The summed E-state index contributed by atoms with van der Waals surface area (Å²) in [5.74, 6) is -0.183. The third kappa shape index (κ3) is 4.16. The summed E-state index contributed by atoms with van der Waals surface area (Å²) in [5, 5.41) is 0. The molecule has 4 heteroatoms. The van der Waals surface area contributed by atoms with Crippen molar-refractivity contribution < 1.29 is 31.3 Å². The molecule has 0 aromatic carbocycles. The van der Waals surface area contributed by atoms with Crippen LogP contribution in [0.5, 0.6) is 0 Å². The second-order valence-electron chi connectivity index (χ2n) is 3.48. The van der Waals surface area contributed by atoms with Gasteiger partial charge >= 0.3 is 5.97 Å². The van der Waals surface area contributed by atoms with Crippen molar-refractivity contribution in [3.05, 3.63) is 24.2 Å². The third-order valence-corrected chi connectivity index (χ3v) is 1.12. The van der Waals surface area contributed by atoms with Gasteiger partial charge in [-0.05, 0) is 32.9 Å². The average molecular weight is 220 g/mol. The Hall–Kier alpha value is -0.718. The molecule has 0 unspecified atom stereocenters. The molecule has 0 aliphatic heterocycles. The standard InChI is InChI=1S/C9H12O3.Cr/c1-9(2,3)12-8(10)7-5-4-6-11-7;/h4-6H,1-3H3;. The number of hydrogen-bond donors (Lipinski definition) is 0. The summed E-state index contributed by atoms with van der Waals surface area (Å²) in [6.45, 7) is 5.44. The maximum absolute atomic E-state index is 11.2. The first kappa shape index (κ1) is 12.3. The molecule has 0 aliphatic rings. The molecule has 1 aromatic heterocycles. The van der Waals surface area contributed by atoms with E-state index in [1.54, 1.807) is 12.1 Å². The molecule has 1 aromatic rings. The van der Waals surface area contributed by atoms with Crippen molar-refractivity contribution in [3.63, 3.8) is 0 Å². The summed E-state index contributed by atoms with van der Waals surface area (Å²) in [5.41, 5.74) is -0.468. The maximum Gasteiger partial charge on any atom is 0.374 e. The number of furan rings is 1. The Morgan fingerprint density at radius 3 is 2.46 bits per heavy atom. The molecule has 0 N–H and O–H groups in total. The summed E-state index contributed by atoms with van der Waals surface area (Å²) in [6.07, 6.45) is 1.44. The van der Waals surface area contributed by atoms with E-state index in [2.05, 4.69) is 0 Å². The smallest absolute Gasteiger partial charge is 0.374 e. The van der Waals surface area contributed by atoms with Gasteiger partial charge in [-0.15, -0.1) is 0 Å². The van der Waals surface area contributed by atoms with Crippen LogP contribution in [0.25, 0.3) is 0 Å². The van der Waals surface area contributed by atoms with E-state index in [4.69, 9.17) is 9.15 Å². The zero-order valence-electron chi connectivity index (χ0n) is 7.87. The molecular formula is C9H12CrO3. The number of hydrogen-bond acceptors (Lipinski definition) is 3. The maximum atomic E-state index is 11.2. The predicted octanol–water partition coefficient (Wildman–Crippen LogP) is 2.23. The Bertz CT molecular complexity index is 259. The number of rotatable bonds is 1. The van der Waals surface area contributed by atoms with E-state index in [-0.39, 0.29) is 23.1 Å². The molecular weight excluding hydrogens is 208 g/mol. The van der Waals surface area contributed by atoms with Crippen LogP contribution in [0, 0.1) is 0 Å². The molecule has 0 fully saturated rings. The fourth-order valence-electron chi connectivity index (χ4n) is 0.723. The Morgan fingerprint density at radius 1 is 1.46 bits per heavy atom. The molecule has 0 amide bonds. The van der Waals surface area contributed by atoms with Crippen LogP contribution in [0.2, 0.25) is 0 Å². The van der Waals surface area contributed by atoms with Gasteiger partial charge in [0.2, 0.25) is 5.76 Å². The van der Waals surface area contributed by atoms with Crippen LogP contribution in [0.3, 0.4) is 0 Å². The van der Waals surface area contributed by atoms with E-state index >= 15 is 0 Å². The van der Waals surface area contributed by atoms with Crippen LogP contribution in [0.4, 0.5) is 0 Å². The van der Waals surface area contributed by atoms with Gasteiger partial charge in [-0.1, -0.05) is 0 Å². The molecule has 13 heavy (non-hydrogen) atoms. The molecule has 3 nitrogen and oxygen atoms in total. The van der Waals surface area contributed by atoms with Crippen LogP contribution in [0.1, 0.15) is 31.3 Å². The predicted molar refractivity (Wildman–Crippen MR) is 43.9 cm³/mol. The van der Waals surface area contributed by atoms with Crippen LogP contribution < -0.4 is 0 Å². The van der Waals surface area contributed by atoms with E-state index in [0.717, 1.165) is 0 Å². The van der Waals surface area contributed by atoms with E-state index in [1.165, 1.54) is 6.26 Å². The molecule has 1 heterocycles. The first-order valence-electron chi connectivity index (χ1n) is 3.76. The molecule has 0 atom stereocenters. The van der Waals surface area contributed by atoms with Gasteiger partial charge in [0.05, 0.1) is 6.26 Å². The van der Waals surface area contributed by atoms with Crippen LogP contribution in [0.15, 0.2) is 22.8 Å². The molecule has 0 spiro atoms. The topological polar surface area (TPSA) is 39.4 Å². The number of carbonyl (C=O) groups is 1. The first-order valence-corrected chi connectivity index (χ1v) is 3.76. The average Bonchev–Trinajstić information content (AvgIpc) is 2.32. The Balaban J connectivity index is 0.00000144. The van der Waals surface area contributed by atoms with Crippen LogP contribution in [-0.2, 0) is 22.1 Å². The van der Waals surface area contributed by atoms with E-state index in [9.17, 15) is 4.79 Å². The van der Waals surface area contributed by atoms with Crippen LogP contribution >= 0.6 is 0 Å². The summed E-state index contributed by atoms with van der Waals surface area (Å²) >= 11 is 0. The Morgan fingerprint density at radius 2 is 2.08 bits per heavy atom. The number of carbonyl (C=O) groups excluding carboxylic acids is 1. The molecule has 0 saturated heterocycles. The van der Waals surface area contributed by atoms with Gasteiger partial charge in [-0.2, -0.15) is 0 Å². The van der Waals surface area contributed by atoms with E-state index in [0.29, 0.717) is 0 Å². The van der Waals surface area contributed by atoms with Crippen molar-refractivity contribution in [1.82, 2.24) is 0 Å². The van der Waals surface area contributed by atoms with E-state index < -0.39 is 11.6 Å². The van der Waals surface area contributed by atoms with Gasteiger partial charge in [0.15, 0.2) is 0 Å². The van der Waals surface area contributed by atoms with Crippen molar-refractivity contribution >= 4 is 5.97 Å². The Labute approximate surface area is 88.2 Å². The summed E-state index contributed by atoms with van der Waals surface area (Å²) < 4.78 is 9.92. The molecule has 0 saturated carbocycles. The fourth-order valence-corrected chi connectivity index (χ4v) is 0.723. The van der Waals surface area contributed by atoms with Crippen molar-refractivity contribution in [2.24, 2.45) is 0 Å². The van der Waals surface area contributed by atoms with Crippen molar-refractivity contribution in [1.29, 1.82) is 0 Å². The number of esters is 1. The van der Waals surface area contributed by atoms with Gasteiger partial charge in [-0.3, -0.25) is 0 Å². The summed E-state index contributed by atoms with van der Waals surface area (Å²) in [6, 6.07) is 3.23. The summed E-state index contributed by atoms with van der Waals surface area (Å²) in [4.78, 5) is 11.2. The minimum Gasteiger partial charge on any atom is -0.457 e. The van der Waals surface area contributed by atoms with E-state index in [1.807, 2.05) is 20.8 Å². The quantitative estimate of drug-likeness (QED) is 0.681. The largest absolute Gasteiger partial charge is 0.457 e. The second kappa shape index (κ2) is 4.50. The molecule has 1 rings (SSSR count). The molecule has 0 aliphatic carbocycles. The Kier molecular flexibility index (Phi) is 4.25. The third-order valence-electron chi connectivity index (χ3n) is 1.12. The van der Waals surface area contributed by atoms with Crippen molar-refractivity contribution in [3.8, 4) is 0 Å². The summed E-state index contributed by atoms with van der Waals surface area (Å²) in [7, 11) is 0. The molecule has 72 valence electrons. The van der Waals surface area contributed by atoms with Gasteiger partial charge in [0.1, 0.15) is 5.60 Å². The fraction of sp³-hybridized carbons (Fsp3) is 0.444. The zero-order chi connectivity index (χ0) is 9.19. The van der Waals surface area contributed by atoms with Gasteiger partial charge in [-0.25, -0.2) is 4.79 Å². The van der Waals surface area contributed by atoms with Crippen molar-refractivity contribution in [2.45, 2.75) is 26.4 Å². The molecule has 0 radical (unpaired) electrons. The minimum atomic E-state index is -0.468. The monoisotopic (exact) mass is 220 g/mol. The first-order chi connectivity index (χ1) is 5.49.